The molecule has 0 radical (unpaired) electrons. The second-order valence-corrected chi connectivity index (χ2v) is 5.89. The van der Waals surface area contributed by atoms with E-state index in [2.05, 4.69) is 28.7 Å². The van der Waals surface area contributed by atoms with Gasteiger partial charge in [-0.25, -0.2) is 0 Å². The normalized spacial score (nSPS) is 13.5. The predicted molar refractivity (Wildman–Crippen MR) is 97.0 cm³/mol. The number of benzene rings is 1. The van der Waals surface area contributed by atoms with Crippen LogP contribution in [0, 0.1) is 0 Å². The highest BCUT2D eigenvalue weighted by Gasteiger charge is 2.59. The van der Waals surface area contributed by atoms with Gasteiger partial charge in [-0.1, -0.05) is 25.3 Å². The molecule has 0 fully saturated rings. The van der Waals surface area contributed by atoms with Gasteiger partial charge >= 0.3 is 6.18 Å². The predicted octanol–water partition coefficient (Wildman–Crippen LogP) is 2.21. The number of aryl methyl sites for hydroxylation is 1. The van der Waals surface area contributed by atoms with Crippen LogP contribution in [0.4, 0.5) is 18.9 Å². The van der Waals surface area contributed by atoms with Crippen molar-refractivity contribution in [1.82, 2.24) is 20.1 Å². The van der Waals surface area contributed by atoms with E-state index in [-0.39, 0.29) is 11.4 Å². The molecule has 10 heteroatoms. The lowest BCUT2D eigenvalue weighted by atomic mass is 9.91. The molecule has 0 aliphatic carbocycles. The van der Waals surface area contributed by atoms with Crippen molar-refractivity contribution >= 4 is 11.6 Å². The lowest BCUT2D eigenvalue weighted by molar-refractivity contribution is -0.252. The highest BCUT2D eigenvalue weighted by atomic mass is 19.4. The van der Waals surface area contributed by atoms with Crippen molar-refractivity contribution < 1.29 is 23.1 Å². The maximum absolute atomic E-state index is 13.9. The number of carbonyl (C=O) groups excluding carboxylic acids is 1. The van der Waals surface area contributed by atoms with Gasteiger partial charge in [0, 0.05) is 31.0 Å². The molecular formula is C18H20F3N5O2. The van der Waals surface area contributed by atoms with Crippen molar-refractivity contribution in [3.05, 3.63) is 67.0 Å². The molecule has 0 spiro atoms. The first-order valence-corrected chi connectivity index (χ1v) is 8.20. The fourth-order valence-electron chi connectivity index (χ4n) is 2.65. The molecule has 1 atom stereocenters. The molecule has 0 bridgehead atoms. The van der Waals surface area contributed by atoms with E-state index < -0.39 is 29.1 Å². The molecule has 28 heavy (non-hydrogen) atoms. The second-order valence-electron chi connectivity index (χ2n) is 5.89. The number of amides is 1. The molecule has 0 saturated carbocycles. The minimum absolute atomic E-state index is 0.0483. The standard InChI is InChI=1S/C18H20F3N5O2/c1-5-22-12(3)15(27)26(6-2)14-9-7-8-13(10-14)17(28,18(19,20)21)16-24-23-11-25(16)4/h6-11,22,28H,2-3,5H2,1,4H3. The molecule has 1 aromatic carbocycles. The van der Waals surface area contributed by atoms with Crippen LogP contribution in [-0.4, -0.2) is 38.5 Å². The highest BCUT2D eigenvalue weighted by molar-refractivity contribution is 6.06. The summed E-state index contributed by atoms with van der Waals surface area (Å²) in [5.74, 6) is -1.30. The van der Waals surface area contributed by atoms with E-state index in [1.165, 1.54) is 19.2 Å². The topological polar surface area (TPSA) is 83.3 Å². The Hall–Kier alpha value is -3.14. The van der Waals surface area contributed by atoms with E-state index in [1.54, 1.807) is 6.92 Å². The van der Waals surface area contributed by atoms with Gasteiger partial charge in [-0.05, 0) is 19.1 Å². The molecule has 2 aromatic rings. The van der Waals surface area contributed by atoms with Crippen LogP contribution in [0.5, 0.6) is 0 Å². The zero-order valence-electron chi connectivity index (χ0n) is 15.4. The summed E-state index contributed by atoms with van der Waals surface area (Å²) in [6.45, 7) is 9.34. The highest BCUT2D eigenvalue weighted by Crippen LogP contribution is 2.44. The summed E-state index contributed by atoms with van der Waals surface area (Å²) < 4.78 is 42.6. The van der Waals surface area contributed by atoms with Gasteiger partial charge in [-0.2, -0.15) is 13.2 Å². The summed E-state index contributed by atoms with van der Waals surface area (Å²) in [6, 6.07) is 4.84. The van der Waals surface area contributed by atoms with Crippen molar-refractivity contribution in [3.8, 4) is 0 Å². The van der Waals surface area contributed by atoms with Crippen LogP contribution in [0.25, 0.3) is 0 Å². The Labute approximate surface area is 159 Å². The lowest BCUT2D eigenvalue weighted by Gasteiger charge is -2.30. The molecule has 7 nitrogen and oxygen atoms in total. The number of anilines is 1. The Balaban J connectivity index is 2.58. The summed E-state index contributed by atoms with van der Waals surface area (Å²) in [6.07, 6.45) is -2.89. The van der Waals surface area contributed by atoms with Gasteiger partial charge in [-0.3, -0.25) is 9.69 Å². The number of nitrogens with one attached hydrogen (secondary N) is 1. The van der Waals surface area contributed by atoms with Crippen molar-refractivity contribution in [2.45, 2.75) is 18.7 Å². The van der Waals surface area contributed by atoms with Crippen LogP contribution in [0.15, 0.2) is 55.6 Å². The molecule has 1 amide bonds. The average Bonchev–Trinajstić information content (AvgIpc) is 3.07. The van der Waals surface area contributed by atoms with Crippen LogP contribution < -0.4 is 10.2 Å². The Morgan fingerprint density at radius 3 is 2.61 bits per heavy atom. The van der Waals surface area contributed by atoms with E-state index in [1.807, 2.05) is 0 Å². The number of nitrogens with zero attached hydrogens (tertiary/aromatic N) is 4. The number of aliphatic hydroxyl groups is 1. The Morgan fingerprint density at radius 1 is 1.43 bits per heavy atom. The van der Waals surface area contributed by atoms with E-state index in [0.717, 1.165) is 34.1 Å². The summed E-state index contributed by atoms with van der Waals surface area (Å²) in [4.78, 5) is 13.5. The molecule has 2 rings (SSSR count). The number of likely N-dealkylation sites (N-methyl/N-ethyl adjacent to an activating group) is 1. The van der Waals surface area contributed by atoms with E-state index >= 15 is 0 Å². The Kier molecular flexibility index (Phi) is 5.93. The summed E-state index contributed by atoms with van der Waals surface area (Å²) >= 11 is 0. The number of halogens is 3. The number of alkyl halides is 3. The largest absolute Gasteiger partial charge is 0.428 e. The molecule has 1 heterocycles. The number of hydrogen-bond donors (Lipinski definition) is 2. The summed E-state index contributed by atoms with van der Waals surface area (Å²) in [5, 5.41) is 20.3. The number of rotatable bonds is 7. The maximum atomic E-state index is 13.9. The third-order valence-corrected chi connectivity index (χ3v) is 4.04. The lowest BCUT2D eigenvalue weighted by Crippen LogP contribution is -2.45. The molecule has 0 aliphatic heterocycles. The van der Waals surface area contributed by atoms with Crippen LogP contribution in [0.1, 0.15) is 18.3 Å². The summed E-state index contributed by atoms with van der Waals surface area (Å²) in [5.41, 5.74) is -3.83. The summed E-state index contributed by atoms with van der Waals surface area (Å²) in [7, 11) is 1.29. The minimum Gasteiger partial charge on any atom is -0.381 e. The molecule has 2 N–H and O–H groups in total. The van der Waals surface area contributed by atoms with Crippen LogP contribution in [-0.2, 0) is 17.4 Å². The van der Waals surface area contributed by atoms with Crippen molar-refractivity contribution in [2.24, 2.45) is 7.05 Å². The van der Waals surface area contributed by atoms with Gasteiger partial charge in [-0.15, -0.1) is 10.2 Å². The molecule has 1 aromatic heterocycles. The molecule has 1 unspecified atom stereocenters. The fraction of sp³-hybridized carbons (Fsp3) is 0.278. The quantitative estimate of drug-likeness (QED) is 0.703. The maximum Gasteiger partial charge on any atom is 0.428 e. The minimum atomic E-state index is -5.09. The molecule has 0 aliphatic rings. The van der Waals surface area contributed by atoms with Gasteiger partial charge in [0.1, 0.15) is 6.33 Å². The first-order chi connectivity index (χ1) is 13.1. The van der Waals surface area contributed by atoms with Crippen molar-refractivity contribution in [3.63, 3.8) is 0 Å². The van der Waals surface area contributed by atoms with Crippen molar-refractivity contribution in [1.29, 1.82) is 0 Å². The first-order valence-electron chi connectivity index (χ1n) is 8.20. The zero-order chi connectivity index (χ0) is 21.1. The number of aromatic nitrogens is 3. The monoisotopic (exact) mass is 395 g/mol. The van der Waals surface area contributed by atoms with Crippen LogP contribution >= 0.6 is 0 Å². The number of carbonyl (C=O) groups is 1. The SMILES string of the molecule is C=CN(C(=O)C(=C)NCC)c1cccc(C(O)(c2nncn2C)C(F)(F)F)c1. The van der Waals surface area contributed by atoms with E-state index in [0.29, 0.717) is 6.54 Å². The van der Waals surface area contributed by atoms with Gasteiger partial charge in [0.15, 0.2) is 5.82 Å². The van der Waals surface area contributed by atoms with Gasteiger partial charge < -0.3 is 15.0 Å². The Bertz CT molecular complexity index is 893. The fourth-order valence-corrected chi connectivity index (χ4v) is 2.65. The smallest absolute Gasteiger partial charge is 0.381 e. The number of hydrogen-bond acceptors (Lipinski definition) is 5. The van der Waals surface area contributed by atoms with Gasteiger partial charge in [0.2, 0.25) is 5.60 Å². The van der Waals surface area contributed by atoms with Crippen LogP contribution in [0.3, 0.4) is 0 Å². The first kappa shape index (κ1) is 21.2. The second kappa shape index (κ2) is 7.85. The molecular weight excluding hydrogens is 375 g/mol. The van der Waals surface area contributed by atoms with Gasteiger partial charge in [0.05, 0.1) is 5.70 Å². The van der Waals surface area contributed by atoms with Crippen molar-refractivity contribution in [2.75, 3.05) is 11.4 Å². The Morgan fingerprint density at radius 2 is 2.11 bits per heavy atom. The molecule has 0 saturated heterocycles. The van der Waals surface area contributed by atoms with E-state index in [9.17, 15) is 23.1 Å². The van der Waals surface area contributed by atoms with Gasteiger partial charge in [0.25, 0.3) is 5.91 Å². The third-order valence-electron chi connectivity index (χ3n) is 4.04. The zero-order valence-corrected chi connectivity index (χ0v) is 15.4. The van der Waals surface area contributed by atoms with E-state index in [4.69, 9.17) is 0 Å². The average molecular weight is 395 g/mol. The van der Waals surface area contributed by atoms with Crippen LogP contribution in [0.2, 0.25) is 0 Å². The molecule has 150 valence electrons. The third kappa shape index (κ3) is 3.63.